The van der Waals surface area contributed by atoms with Crippen molar-refractivity contribution in [3.8, 4) is 5.88 Å². The van der Waals surface area contributed by atoms with Crippen LogP contribution in [0.1, 0.15) is 5.56 Å². The first-order valence-electron chi connectivity index (χ1n) is 8.92. The molecule has 0 aliphatic heterocycles. The molecule has 11 heteroatoms. The number of fused-ring (bicyclic) bond motifs is 1. The first-order chi connectivity index (χ1) is 14.4. The van der Waals surface area contributed by atoms with Gasteiger partial charge in [0.2, 0.25) is 15.7 Å². The Morgan fingerprint density at radius 3 is 2.73 bits per heavy atom. The SMILES string of the molecule is O=c1c2ccc(S(=O)(=O)c3ccn(CCO)n3)cc2cnn1Cc1cccnc1O. The first-order valence-corrected chi connectivity index (χ1v) is 10.4. The van der Waals surface area contributed by atoms with Crippen LogP contribution in [0.2, 0.25) is 0 Å². The molecule has 0 unspecified atom stereocenters. The van der Waals surface area contributed by atoms with Crippen molar-refractivity contribution in [2.45, 2.75) is 23.0 Å². The molecule has 1 aromatic carbocycles. The molecule has 2 N–H and O–H groups in total. The second-order valence-corrected chi connectivity index (χ2v) is 8.38. The lowest BCUT2D eigenvalue weighted by molar-refractivity contribution is 0.268. The van der Waals surface area contributed by atoms with Gasteiger partial charge in [-0.2, -0.15) is 10.2 Å². The van der Waals surface area contributed by atoms with Crippen molar-refractivity contribution in [3.63, 3.8) is 0 Å². The van der Waals surface area contributed by atoms with E-state index in [9.17, 15) is 18.3 Å². The summed E-state index contributed by atoms with van der Waals surface area (Å²) in [6.45, 7) is 0.0475. The highest BCUT2D eigenvalue weighted by atomic mass is 32.2. The van der Waals surface area contributed by atoms with Crippen molar-refractivity contribution in [1.29, 1.82) is 0 Å². The van der Waals surface area contributed by atoms with Gasteiger partial charge in [-0.25, -0.2) is 18.1 Å². The monoisotopic (exact) mass is 427 g/mol. The van der Waals surface area contributed by atoms with E-state index in [2.05, 4.69) is 15.2 Å². The van der Waals surface area contributed by atoms with Gasteiger partial charge < -0.3 is 10.2 Å². The van der Waals surface area contributed by atoms with Crippen LogP contribution in [0.5, 0.6) is 5.88 Å². The second-order valence-electron chi connectivity index (χ2n) is 6.49. The predicted molar refractivity (Wildman–Crippen MR) is 106 cm³/mol. The molecule has 0 aliphatic carbocycles. The van der Waals surface area contributed by atoms with Crippen LogP contribution < -0.4 is 5.56 Å². The average molecular weight is 427 g/mol. The Bertz CT molecular complexity index is 1390. The number of aromatic hydroxyl groups is 1. The van der Waals surface area contributed by atoms with Crippen molar-refractivity contribution < 1.29 is 18.6 Å². The van der Waals surface area contributed by atoms with Crippen molar-refractivity contribution in [2.24, 2.45) is 0 Å². The van der Waals surface area contributed by atoms with E-state index in [1.807, 2.05) is 0 Å². The lowest BCUT2D eigenvalue weighted by Crippen LogP contribution is -2.23. The van der Waals surface area contributed by atoms with E-state index < -0.39 is 15.4 Å². The zero-order valence-corrected chi connectivity index (χ0v) is 16.4. The molecule has 3 heterocycles. The maximum absolute atomic E-state index is 12.8. The van der Waals surface area contributed by atoms with Crippen molar-refractivity contribution in [2.75, 3.05) is 6.61 Å². The van der Waals surface area contributed by atoms with Crippen LogP contribution in [-0.2, 0) is 22.9 Å². The molecule has 0 aliphatic rings. The lowest BCUT2D eigenvalue weighted by atomic mass is 10.2. The highest BCUT2D eigenvalue weighted by Crippen LogP contribution is 2.22. The van der Waals surface area contributed by atoms with Gasteiger partial charge in [-0.15, -0.1) is 0 Å². The number of hydrogen-bond acceptors (Lipinski definition) is 8. The summed E-state index contributed by atoms with van der Waals surface area (Å²) in [6, 6.07) is 8.76. The summed E-state index contributed by atoms with van der Waals surface area (Å²) >= 11 is 0. The largest absolute Gasteiger partial charge is 0.493 e. The van der Waals surface area contributed by atoms with Crippen LogP contribution in [0, 0.1) is 0 Å². The van der Waals surface area contributed by atoms with Crippen LogP contribution in [0.4, 0.5) is 0 Å². The van der Waals surface area contributed by atoms with Gasteiger partial charge in [0, 0.05) is 23.3 Å². The standard InChI is InChI=1S/C19H17N5O5S/c25-9-8-23-7-5-17(22-23)30(28,29)15-3-4-16-14(10-15)11-21-24(19(16)27)12-13-2-1-6-20-18(13)26/h1-7,10-11,25H,8-9,12H2,(H,20,26). The number of hydrogen-bond donors (Lipinski definition) is 2. The number of benzene rings is 1. The molecular formula is C19H17N5O5S. The molecule has 0 atom stereocenters. The molecule has 3 aromatic heterocycles. The quantitative estimate of drug-likeness (QED) is 0.455. The molecule has 0 bridgehead atoms. The van der Waals surface area contributed by atoms with Gasteiger partial charge in [-0.05, 0) is 30.3 Å². The van der Waals surface area contributed by atoms with E-state index in [4.69, 9.17) is 5.11 Å². The van der Waals surface area contributed by atoms with Crippen LogP contribution in [-0.4, -0.2) is 49.8 Å². The summed E-state index contributed by atoms with van der Waals surface area (Å²) in [5.74, 6) is -0.187. The Morgan fingerprint density at radius 2 is 1.97 bits per heavy atom. The maximum Gasteiger partial charge on any atom is 0.274 e. The molecule has 0 fully saturated rings. The van der Waals surface area contributed by atoms with Crippen molar-refractivity contribution in [3.05, 3.63) is 70.9 Å². The minimum absolute atomic E-state index is 0.0203. The average Bonchev–Trinajstić information content (AvgIpc) is 3.21. The second kappa shape index (κ2) is 7.69. The van der Waals surface area contributed by atoms with Crippen molar-refractivity contribution in [1.82, 2.24) is 24.5 Å². The molecule has 0 spiro atoms. The maximum atomic E-state index is 12.8. The Morgan fingerprint density at radius 1 is 1.13 bits per heavy atom. The molecular weight excluding hydrogens is 410 g/mol. The first kappa shape index (κ1) is 19.7. The summed E-state index contributed by atoms with van der Waals surface area (Å²) in [6.07, 6.45) is 4.30. The number of aliphatic hydroxyl groups excluding tert-OH is 1. The number of rotatable bonds is 6. The molecule has 10 nitrogen and oxygen atoms in total. The summed E-state index contributed by atoms with van der Waals surface area (Å²) in [5, 5.41) is 27.3. The summed E-state index contributed by atoms with van der Waals surface area (Å²) in [5.41, 5.74) is 0.0102. The van der Waals surface area contributed by atoms with E-state index in [1.54, 1.807) is 12.1 Å². The van der Waals surface area contributed by atoms with Gasteiger partial charge >= 0.3 is 0 Å². The summed E-state index contributed by atoms with van der Waals surface area (Å²) in [4.78, 5) is 16.5. The molecule has 0 radical (unpaired) electrons. The Hall–Kier alpha value is -3.57. The van der Waals surface area contributed by atoms with Gasteiger partial charge in [-0.1, -0.05) is 6.07 Å². The molecule has 30 heavy (non-hydrogen) atoms. The van der Waals surface area contributed by atoms with E-state index >= 15 is 0 Å². The Balaban J connectivity index is 1.71. The minimum Gasteiger partial charge on any atom is -0.493 e. The van der Waals surface area contributed by atoms with Gasteiger partial charge in [0.15, 0.2) is 5.03 Å². The molecule has 4 rings (SSSR count). The molecule has 4 aromatic rings. The minimum atomic E-state index is -3.90. The summed E-state index contributed by atoms with van der Waals surface area (Å²) < 4.78 is 28.2. The topological polar surface area (TPSA) is 140 Å². The lowest BCUT2D eigenvalue weighted by Gasteiger charge is -2.08. The normalized spacial score (nSPS) is 11.8. The van der Waals surface area contributed by atoms with Gasteiger partial charge in [0.05, 0.1) is 36.2 Å². The van der Waals surface area contributed by atoms with E-state index in [-0.39, 0.29) is 40.9 Å². The molecule has 0 amide bonds. The fourth-order valence-electron chi connectivity index (χ4n) is 2.99. The number of pyridine rings is 1. The predicted octanol–water partition coefficient (Wildman–Crippen LogP) is 0.567. The van der Waals surface area contributed by atoms with Crippen LogP contribution in [0.25, 0.3) is 10.8 Å². The molecule has 154 valence electrons. The summed E-state index contributed by atoms with van der Waals surface area (Å²) in [7, 11) is -3.90. The highest BCUT2D eigenvalue weighted by molar-refractivity contribution is 7.91. The van der Waals surface area contributed by atoms with Crippen LogP contribution in [0.15, 0.2) is 69.7 Å². The molecule has 0 saturated carbocycles. The highest BCUT2D eigenvalue weighted by Gasteiger charge is 2.21. The zero-order chi connectivity index (χ0) is 21.3. The fourth-order valence-corrected chi connectivity index (χ4v) is 4.22. The Labute approximate surface area is 170 Å². The van der Waals surface area contributed by atoms with E-state index in [0.717, 1.165) is 0 Å². The van der Waals surface area contributed by atoms with Crippen LogP contribution in [0.3, 0.4) is 0 Å². The van der Waals surface area contributed by atoms with Gasteiger partial charge in [-0.3, -0.25) is 9.48 Å². The smallest absolute Gasteiger partial charge is 0.274 e. The van der Waals surface area contributed by atoms with Crippen molar-refractivity contribution >= 4 is 20.6 Å². The van der Waals surface area contributed by atoms with Gasteiger partial charge in [0.25, 0.3) is 5.56 Å². The third kappa shape index (κ3) is 3.55. The van der Waals surface area contributed by atoms with Crippen LogP contribution >= 0.6 is 0 Å². The number of aliphatic hydroxyl groups is 1. The number of sulfone groups is 1. The van der Waals surface area contributed by atoms with E-state index in [1.165, 1.54) is 52.2 Å². The third-order valence-electron chi connectivity index (χ3n) is 4.54. The Kier molecular flexibility index (Phi) is 5.06. The number of aromatic nitrogens is 5. The van der Waals surface area contributed by atoms with E-state index in [0.29, 0.717) is 10.9 Å². The third-order valence-corrected chi connectivity index (χ3v) is 6.19. The molecule has 0 saturated heterocycles. The zero-order valence-electron chi connectivity index (χ0n) is 15.6. The van der Waals surface area contributed by atoms with Gasteiger partial charge in [0.1, 0.15) is 0 Å². The number of nitrogens with zero attached hydrogens (tertiary/aromatic N) is 5. The fraction of sp³-hybridized carbons (Fsp3) is 0.158.